The summed E-state index contributed by atoms with van der Waals surface area (Å²) < 4.78 is 21.8. The first kappa shape index (κ1) is 20.4. The molecule has 158 valence electrons. The zero-order valence-electron chi connectivity index (χ0n) is 17.0. The molecule has 0 bridgehead atoms. The lowest BCUT2D eigenvalue weighted by atomic mass is 10.2. The smallest absolute Gasteiger partial charge is 0.410 e. The molecular formula is C21H23ClFN5O2. The summed E-state index contributed by atoms with van der Waals surface area (Å²) in [4.78, 5) is 22.6. The molecule has 1 fully saturated rings. The van der Waals surface area contributed by atoms with Crippen LogP contribution >= 0.6 is 11.6 Å². The lowest BCUT2D eigenvalue weighted by molar-refractivity contribution is 0.0283. The molecule has 7 nitrogen and oxygen atoms in total. The van der Waals surface area contributed by atoms with Crippen LogP contribution in [0.15, 0.2) is 42.7 Å². The Balaban J connectivity index is 1.50. The van der Waals surface area contributed by atoms with Gasteiger partial charge in [0.25, 0.3) is 0 Å². The van der Waals surface area contributed by atoms with Gasteiger partial charge >= 0.3 is 6.09 Å². The summed E-state index contributed by atoms with van der Waals surface area (Å²) in [7, 11) is 0. The fourth-order valence-electron chi connectivity index (χ4n) is 3.37. The molecule has 9 heteroatoms. The molecule has 30 heavy (non-hydrogen) atoms. The summed E-state index contributed by atoms with van der Waals surface area (Å²) >= 11 is 6.03. The first-order chi connectivity index (χ1) is 14.2. The van der Waals surface area contributed by atoms with E-state index in [1.807, 2.05) is 22.7 Å². The summed E-state index contributed by atoms with van der Waals surface area (Å²) in [5.74, 6) is 0.523. The highest BCUT2D eigenvalue weighted by Gasteiger charge is 2.37. The Morgan fingerprint density at radius 2 is 2.10 bits per heavy atom. The number of fused-ring (bicyclic) bond motifs is 1. The fourth-order valence-corrected chi connectivity index (χ4v) is 3.52. The quantitative estimate of drug-likeness (QED) is 0.664. The second-order valence-corrected chi connectivity index (χ2v) is 8.71. The predicted molar refractivity (Wildman–Crippen MR) is 114 cm³/mol. The van der Waals surface area contributed by atoms with Crippen molar-refractivity contribution in [1.29, 1.82) is 0 Å². The standard InChI is InChI=1S/C21H23ClFN5O2/c1-21(2,3)30-20(29)27-11-14(23)16(12-27)26-18-6-4-5-15(25-18)17-10-24-19-9-13(22)7-8-28(17)19/h4-10,14,16H,11-12H2,1-3H3,(H,25,26)/t14-,16-/m0/s1. The lowest BCUT2D eigenvalue weighted by Crippen LogP contribution is -2.36. The largest absolute Gasteiger partial charge is 0.444 e. The zero-order chi connectivity index (χ0) is 21.5. The molecular weight excluding hydrogens is 409 g/mol. The van der Waals surface area contributed by atoms with Crippen LogP contribution in [-0.4, -0.2) is 56.3 Å². The number of anilines is 1. The first-order valence-electron chi connectivity index (χ1n) is 9.68. The van der Waals surface area contributed by atoms with Gasteiger partial charge in [0.2, 0.25) is 0 Å². The minimum atomic E-state index is -1.22. The van der Waals surface area contributed by atoms with E-state index in [4.69, 9.17) is 16.3 Å². The van der Waals surface area contributed by atoms with Gasteiger partial charge in [-0.3, -0.25) is 4.40 Å². The van der Waals surface area contributed by atoms with Gasteiger partial charge in [-0.05, 0) is 39.0 Å². The molecule has 1 aliphatic heterocycles. The Morgan fingerprint density at radius 3 is 2.87 bits per heavy atom. The number of likely N-dealkylation sites (tertiary alicyclic amines) is 1. The predicted octanol–water partition coefficient (Wildman–Crippen LogP) is 4.42. The zero-order valence-corrected chi connectivity index (χ0v) is 17.7. The van der Waals surface area contributed by atoms with Crippen molar-refractivity contribution in [3.8, 4) is 11.4 Å². The number of pyridine rings is 2. The summed E-state index contributed by atoms with van der Waals surface area (Å²) in [6, 6.07) is 8.45. The van der Waals surface area contributed by atoms with Crippen molar-refractivity contribution < 1.29 is 13.9 Å². The molecule has 0 saturated carbocycles. The number of halogens is 2. The number of imidazole rings is 1. The molecule has 3 aromatic rings. The molecule has 1 aliphatic rings. The van der Waals surface area contributed by atoms with E-state index in [1.165, 1.54) is 4.90 Å². The van der Waals surface area contributed by atoms with Crippen LogP contribution in [0.1, 0.15) is 20.8 Å². The SMILES string of the molecule is CC(C)(C)OC(=O)N1C[C@H](Nc2cccc(-c3cnc4cc(Cl)ccn34)n2)[C@@H](F)C1. The van der Waals surface area contributed by atoms with Gasteiger partial charge in [-0.1, -0.05) is 17.7 Å². The molecule has 0 aromatic carbocycles. The molecule has 0 radical (unpaired) electrons. The highest BCUT2D eigenvalue weighted by atomic mass is 35.5. The number of hydrogen-bond acceptors (Lipinski definition) is 5. The van der Waals surface area contributed by atoms with E-state index in [0.29, 0.717) is 22.2 Å². The minimum Gasteiger partial charge on any atom is -0.444 e. The molecule has 4 heterocycles. The number of ether oxygens (including phenoxy) is 1. The number of amides is 1. The van der Waals surface area contributed by atoms with Crippen LogP contribution in [0.25, 0.3) is 17.0 Å². The van der Waals surface area contributed by atoms with Crippen molar-refractivity contribution in [3.05, 3.63) is 47.7 Å². The van der Waals surface area contributed by atoms with Gasteiger partial charge in [-0.25, -0.2) is 19.2 Å². The van der Waals surface area contributed by atoms with E-state index in [1.54, 1.807) is 45.2 Å². The van der Waals surface area contributed by atoms with Crippen LogP contribution < -0.4 is 5.32 Å². The van der Waals surface area contributed by atoms with Gasteiger partial charge < -0.3 is 15.0 Å². The van der Waals surface area contributed by atoms with Gasteiger partial charge in [0.1, 0.15) is 23.2 Å². The molecule has 1 amide bonds. The first-order valence-corrected chi connectivity index (χ1v) is 10.1. The van der Waals surface area contributed by atoms with Crippen LogP contribution in [-0.2, 0) is 4.74 Å². The number of nitrogens with zero attached hydrogens (tertiary/aromatic N) is 4. The summed E-state index contributed by atoms with van der Waals surface area (Å²) in [5, 5.41) is 3.72. The van der Waals surface area contributed by atoms with Gasteiger partial charge in [-0.2, -0.15) is 0 Å². The van der Waals surface area contributed by atoms with Crippen LogP contribution in [0, 0.1) is 0 Å². The lowest BCUT2D eigenvalue weighted by Gasteiger charge is -2.24. The topological polar surface area (TPSA) is 71.8 Å². The molecule has 0 unspecified atom stereocenters. The van der Waals surface area contributed by atoms with Crippen molar-refractivity contribution in [1.82, 2.24) is 19.3 Å². The minimum absolute atomic E-state index is 0.0136. The van der Waals surface area contributed by atoms with Gasteiger partial charge in [0.05, 0.1) is 30.2 Å². The maximum atomic E-state index is 14.6. The third-order valence-electron chi connectivity index (χ3n) is 4.72. The second kappa shape index (κ2) is 7.75. The van der Waals surface area contributed by atoms with Crippen molar-refractivity contribution in [2.75, 3.05) is 18.4 Å². The van der Waals surface area contributed by atoms with Gasteiger partial charge in [0, 0.05) is 23.8 Å². The highest BCUT2D eigenvalue weighted by molar-refractivity contribution is 6.30. The van der Waals surface area contributed by atoms with E-state index in [9.17, 15) is 9.18 Å². The number of alkyl halides is 1. The van der Waals surface area contributed by atoms with Crippen LogP contribution in [0.4, 0.5) is 15.0 Å². The van der Waals surface area contributed by atoms with Crippen LogP contribution in [0.3, 0.4) is 0 Å². The number of rotatable bonds is 3. The van der Waals surface area contributed by atoms with Gasteiger partial charge in [-0.15, -0.1) is 0 Å². The number of carbonyl (C=O) groups is 1. The third kappa shape index (κ3) is 4.33. The molecule has 2 atom stereocenters. The Morgan fingerprint density at radius 1 is 1.30 bits per heavy atom. The van der Waals surface area contributed by atoms with Crippen molar-refractivity contribution in [3.63, 3.8) is 0 Å². The van der Waals surface area contributed by atoms with E-state index < -0.39 is 23.9 Å². The molecule has 0 aliphatic carbocycles. The highest BCUT2D eigenvalue weighted by Crippen LogP contribution is 2.24. The Hall–Kier alpha value is -2.87. The van der Waals surface area contributed by atoms with Gasteiger partial charge in [0.15, 0.2) is 0 Å². The maximum absolute atomic E-state index is 14.6. The molecule has 4 rings (SSSR count). The van der Waals surface area contributed by atoms with Crippen LogP contribution in [0.5, 0.6) is 0 Å². The van der Waals surface area contributed by atoms with E-state index in [0.717, 1.165) is 5.69 Å². The summed E-state index contributed by atoms with van der Waals surface area (Å²) in [6.45, 7) is 5.55. The summed E-state index contributed by atoms with van der Waals surface area (Å²) in [5.41, 5.74) is 1.57. The molecule has 1 saturated heterocycles. The molecule has 1 N–H and O–H groups in total. The number of carbonyl (C=O) groups excluding carboxylic acids is 1. The number of nitrogens with one attached hydrogen (secondary N) is 1. The average Bonchev–Trinajstić information content (AvgIpc) is 3.24. The van der Waals surface area contributed by atoms with Crippen molar-refractivity contribution >= 4 is 29.2 Å². The summed E-state index contributed by atoms with van der Waals surface area (Å²) in [6.07, 6.45) is 1.81. The Labute approximate surface area is 178 Å². The van der Waals surface area contributed by atoms with Crippen molar-refractivity contribution in [2.45, 2.75) is 38.6 Å². The average molecular weight is 432 g/mol. The normalized spacial score (nSPS) is 19.3. The van der Waals surface area contributed by atoms with Crippen molar-refractivity contribution in [2.24, 2.45) is 0 Å². The third-order valence-corrected chi connectivity index (χ3v) is 4.96. The second-order valence-electron chi connectivity index (χ2n) is 8.28. The fraction of sp³-hybridized carbons (Fsp3) is 0.381. The maximum Gasteiger partial charge on any atom is 0.410 e. The number of hydrogen-bond donors (Lipinski definition) is 1. The van der Waals surface area contributed by atoms with E-state index in [2.05, 4.69) is 15.3 Å². The Kier molecular flexibility index (Phi) is 5.27. The molecule has 0 spiro atoms. The monoisotopic (exact) mass is 431 g/mol. The van der Waals surface area contributed by atoms with Crippen LogP contribution in [0.2, 0.25) is 5.02 Å². The van der Waals surface area contributed by atoms with E-state index >= 15 is 0 Å². The number of aromatic nitrogens is 3. The molecule has 3 aromatic heterocycles. The Bertz CT molecular complexity index is 1080. The van der Waals surface area contributed by atoms with E-state index in [-0.39, 0.29) is 13.1 Å².